The molecule has 4 N–H and O–H groups in total. The van der Waals surface area contributed by atoms with Crippen LogP contribution >= 0.6 is 23.2 Å². The molecular formula is C15H16Cl2O4. The first kappa shape index (κ1) is 21.6. The van der Waals surface area contributed by atoms with Crippen molar-refractivity contribution in [1.82, 2.24) is 0 Å². The fourth-order valence-corrected chi connectivity index (χ4v) is 1.95. The largest absolute Gasteiger partial charge is 0.412 e. The summed E-state index contributed by atoms with van der Waals surface area (Å²) in [7, 11) is 0. The Morgan fingerprint density at radius 3 is 1.81 bits per heavy atom. The molecule has 2 rings (SSSR count). The maximum Gasteiger partial charge on any atom is 0.373 e. The third kappa shape index (κ3) is 8.25. The van der Waals surface area contributed by atoms with Crippen LogP contribution in [0.2, 0.25) is 10.0 Å². The molecule has 0 aromatic heterocycles. The fourth-order valence-electron chi connectivity index (χ4n) is 1.63. The highest BCUT2D eigenvalue weighted by Gasteiger charge is 2.00. The Hall–Kier alpha value is -1.68. The zero-order valence-electron chi connectivity index (χ0n) is 11.1. The van der Waals surface area contributed by atoms with E-state index >= 15 is 0 Å². The maximum atomic E-state index is 8.12. The molecule has 0 atom stereocenters. The van der Waals surface area contributed by atoms with Crippen molar-refractivity contribution in [3.63, 3.8) is 0 Å². The Morgan fingerprint density at radius 1 is 0.762 bits per heavy atom. The first-order valence-corrected chi connectivity index (χ1v) is 6.40. The quantitative estimate of drug-likeness (QED) is 0.863. The summed E-state index contributed by atoms with van der Waals surface area (Å²) in [6, 6.07) is 16.2. The number of aryl methyl sites for hydroxylation is 2. The molecule has 4 nitrogen and oxygen atoms in total. The molecule has 0 spiro atoms. The van der Waals surface area contributed by atoms with Gasteiger partial charge in [-0.1, -0.05) is 59.6 Å². The van der Waals surface area contributed by atoms with Crippen molar-refractivity contribution in [3.8, 4) is 0 Å². The van der Waals surface area contributed by atoms with Crippen LogP contribution in [0.4, 0.5) is 0 Å². The topological polar surface area (TPSA) is 97.1 Å². The molecular weight excluding hydrogens is 315 g/mol. The third-order valence-corrected chi connectivity index (χ3v) is 3.27. The van der Waals surface area contributed by atoms with Crippen molar-refractivity contribution in [1.29, 1.82) is 0 Å². The number of carbonyl (C=O) groups excluding carboxylic acids is 2. The van der Waals surface area contributed by atoms with E-state index in [-0.39, 0.29) is 17.1 Å². The van der Waals surface area contributed by atoms with E-state index in [1.54, 1.807) is 0 Å². The van der Waals surface area contributed by atoms with E-state index in [4.69, 9.17) is 32.8 Å². The van der Waals surface area contributed by atoms with Crippen LogP contribution < -0.4 is 0 Å². The van der Waals surface area contributed by atoms with Crippen molar-refractivity contribution in [2.24, 2.45) is 0 Å². The molecule has 2 aromatic carbocycles. The minimum atomic E-state index is 0. The molecule has 0 saturated heterocycles. The summed E-state index contributed by atoms with van der Waals surface area (Å²) >= 11 is 11.8. The van der Waals surface area contributed by atoms with Gasteiger partial charge in [-0.05, 0) is 36.1 Å². The lowest BCUT2D eigenvalue weighted by atomic mass is 10.0. The minimum Gasteiger partial charge on any atom is -0.412 e. The van der Waals surface area contributed by atoms with Crippen LogP contribution in [-0.4, -0.2) is 17.1 Å². The van der Waals surface area contributed by atoms with Gasteiger partial charge in [0.05, 0.1) is 10.0 Å². The van der Waals surface area contributed by atoms with E-state index in [0.717, 1.165) is 12.8 Å². The predicted octanol–water partition coefficient (Wildman–Crippen LogP) is 2.55. The number of hydrogen-bond donors (Lipinski definition) is 0. The molecule has 0 saturated carbocycles. The van der Waals surface area contributed by atoms with Crippen LogP contribution in [0.15, 0.2) is 48.5 Å². The fraction of sp³-hybridized carbons (Fsp3) is 0.133. The molecule has 6 heteroatoms. The summed E-state index contributed by atoms with van der Waals surface area (Å²) in [5.41, 5.74) is 2.56. The van der Waals surface area contributed by atoms with Crippen LogP contribution in [0.25, 0.3) is 0 Å². The second-order valence-electron chi connectivity index (χ2n) is 3.82. The molecule has 0 amide bonds. The van der Waals surface area contributed by atoms with Gasteiger partial charge in [0.1, 0.15) is 0 Å². The molecule has 21 heavy (non-hydrogen) atoms. The summed E-state index contributed by atoms with van der Waals surface area (Å²) in [4.78, 5) is 16.2. The van der Waals surface area contributed by atoms with E-state index in [9.17, 15) is 0 Å². The van der Waals surface area contributed by atoms with Crippen LogP contribution in [0, 0.1) is 0 Å². The van der Waals surface area contributed by atoms with Gasteiger partial charge in [0, 0.05) is 0 Å². The van der Waals surface area contributed by atoms with Gasteiger partial charge in [-0.25, -0.2) is 0 Å². The first-order valence-electron chi connectivity index (χ1n) is 5.64. The van der Waals surface area contributed by atoms with Crippen LogP contribution in [0.1, 0.15) is 11.1 Å². The standard InChI is InChI=1S/C14H12Cl2.CO2.2H2O/c15-13-9-8-12(10-14(13)16)7-6-11-4-2-1-3-5-11;2-1-3;;/h1-5,8-10H,6-7H2;;2*1H2. The lowest BCUT2D eigenvalue weighted by Gasteiger charge is -2.03. The van der Waals surface area contributed by atoms with E-state index in [0.29, 0.717) is 10.0 Å². The maximum absolute atomic E-state index is 8.12. The molecule has 0 aliphatic heterocycles. The minimum absolute atomic E-state index is 0. The molecule has 0 heterocycles. The molecule has 0 bridgehead atoms. The second kappa shape index (κ2) is 12.1. The zero-order chi connectivity index (χ0) is 14.1. The normalized spacial score (nSPS) is 8.29. The Labute approximate surface area is 132 Å². The molecule has 0 aliphatic rings. The molecule has 2 aromatic rings. The highest BCUT2D eigenvalue weighted by Crippen LogP contribution is 2.23. The van der Waals surface area contributed by atoms with Crippen LogP contribution in [0.5, 0.6) is 0 Å². The highest BCUT2D eigenvalue weighted by atomic mass is 35.5. The van der Waals surface area contributed by atoms with Gasteiger partial charge in [-0.2, -0.15) is 9.59 Å². The summed E-state index contributed by atoms with van der Waals surface area (Å²) in [6.07, 6.45) is 2.26. The number of rotatable bonds is 3. The average Bonchev–Trinajstić information content (AvgIpc) is 2.42. The Bertz CT molecular complexity index is 553. The van der Waals surface area contributed by atoms with Gasteiger partial charge in [-0.15, -0.1) is 0 Å². The van der Waals surface area contributed by atoms with Gasteiger partial charge in [-0.3, -0.25) is 0 Å². The summed E-state index contributed by atoms with van der Waals surface area (Å²) < 4.78 is 0. The average molecular weight is 331 g/mol. The Morgan fingerprint density at radius 2 is 1.29 bits per heavy atom. The van der Waals surface area contributed by atoms with Crippen LogP contribution in [-0.2, 0) is 22.4 Å². The second-order valence-corrected chi connectivity index (χ2v) is 4.63. The smallest absolute Gasteiger partial charge is 0.373 e. The number of hydrogen-bond acceptors (Lipinski definition) is 2. The van der Waals surface area contributed by atoms with Gasteiger partial charge < -0.3 is 11.0 Å². The summed E-state index contributed by atoms with van der Waals surface area (Å²) in [6.45, 7) is 0. The lowest BCUT2D eigenvalue weighted by molar-refractivity contribution is -0.191. The SMILES string of the molecule is Clc1ccc(CCc2ccccc2)cc1Cl.O.O.O=C=O. The molecule has 0 unspecified atom stereocenters. The van der Waals surface area contributed by atoms with E-state index < -0.39 is 0 Å². The van der Waals surface area contributed by atoms with Crippen molar-refractivity contribution in [2.45, 2.75) is 12.8 Å². The predicted molar refractivity (Wildman–Crippen MR) is 82.5 cm³/mol. The third-order valence-electron chi connectivity index (χ3n) is 2.53. The highest BCUT2D eigenvalue weighted by molar-refractivity contribution is 6.42. The van der Waals surface area contributed by atoms with E-state index in [2.05, 4.69) is 24.3 Å². The van der Waals surface area contributed by atoms with Crippen molar-refractivity contribution in [3.05, 3.63) is 69.7 Å². The molecule has 0 aliphatic carbocycles. The first-order chi connectivity index (χ1) is 9.17. The van der Waals surface area contributed by atoms with E-state index in [1.807, 2.05) is 24.3 Å². The van der Waals surface area contributed by atoms with Crippen molar-refractivity contribution >= 4 is 29.4 Å². The van der Waals surface area contributed by atoms with Crippen LogP contribution in [0.3, 0.4) is 0 Å². The molecule has 0 fully saturated rings. The Kier molecular flexibility index (Phi) is 12.4. The van der Waals surface area contributed by atoms with Crippen molar-refractivity contribution in [2.75, 3.05) is 0 Å². The lowest BCUT2D eigenvalue weighted by Crippen LogP contribution is -1.90. The van der Waals surface area contributed by atoms with Gasteiger partial charge >= 0.3 is 6.15 Å². The summed E-state index contributed by atoms with van der Waals surface area (Å²) in [5.74, 6) is 0. The zero-order valence-corrected chi connectivity index (χ0v) is 12.6. The van der Waals surface area contributed by atoms with E-state index in [1.165, 1.54) is 11.1 Å². The number of halogens is 2. The number of benzene rings is 2. The molecule has 114 valence electrons. The monoisotopic (exact) mass is 330 g/mol. The van der Waals surface area contributed by atoms with Gasteiger partial charge in [0.15, 0.2) is 0 Å². The van der Waals surface area contributed by atoms with Gasteiger partial charge in [0.2, 0.25) is 0 Å². The Balaban J connectivity index is 0. The van der Waals surface area contributed by atoms with Gasteiger partial charge in [0.25, 0.3) is 0 Å². The van der Waals surface area contributed by atoms with Crippen molar-refractivity contribution < 1.29 is 20.5 Å². The molecule has 0 radical (unpaired) electrons. The summed E-state index contributed by atoms with van der Waals surface area (Å²) in [5, 5.41) is 1.25.